The predicted molar refractivity (Wildman–Crippen MR) is 76.4 cm³/mol. The molecular weight excluding hydrogens is 244 g/mol. The van der Waals surface area contributed by atoms with Gasteiger partial charge in [-0.05, 0) is 31.7 Å². The zero-order valence-electron chi connectivity index (χ0n) is 11.0. The first-order chi connectivity index (χ1) is 8.57. The van der Waals surface area contributed by atoms with Crippen molar-refractivity contribution in [3.05, 3.63) is 17.3 Å². The van der Waals surface area contributed by atoms with Gasteiger partial charge in [0.1, 0.15) is 12.1 Å². The Kier molecular flexibility index (Phi) is 2.75. The summed E-state index contributed by atoms with van der Waals surface area (Å²) in [5, 5.41) is 5.69. The van der Waals surface area contributed by atoms with Crippen LogP contribution in [0, 0.1) is 6.92 Å². The third kappa shape index (κ3) is 1.97. The van der Waals surface area contributed by atoms with E-state index in [2.05, 4.69) is 46.3 Å². The average Bonchev–Trinajstić information content (AvgIpc) is 2.70. The summed E-state index contributed by atoms with van der Waals surface area (Å²) in [6.07, 6.45) is 1.69. The Balaban J connectivity index is 2.04. The molecule has 0 saturated carbocycles. The third-order valence-electron chi connectivity index (χ3n) is 3.38. The van der Waals surface area contributed by atoms with Gasteiger partial charge in [0.2, 0.25) is 0 Å². The summed E-state index contributed by atoms with van der Waals surface area (Å²) < 4.78 is 1.22. The van der Waals surface area contributed by atoms with Crippen LogP contribution in [0.2, 0.25) is 0 Å². The molecule has 0 atom stereocenters. The van der Waals surface area contributed by atoms with Gasteiger partial charge in [-0.2, -0.15) is 0 Å². The quantitative estimate of drug-likeness (QED) is 0.855. The van der Waals surface area contributed by atoms with E-state index in [0.29, 0.717) is 0 Å². The molecule has 5 heteroatoms. The number of nitrogens with zero attached hydrogens (tertiary/aromatic N) is 3. The van der Waals surface area contributed by atoms with Gasteiger partial charge in [0.15, 0.2) is 0 Å². The molecule has 2 aromatic heterocycles. The van der Waals surface area contributed by atoms with Crippen LogP contribution in [0.5, 0.6) is 0 Å². The molecule has 1 fully saturated rings. The lowest BCUT2D eigenvalue weighted by atomic mass is 10.0. The molecule has 0 aliphatic carbocycles. The van der Waals surface area contributed by atoms with Crippen molar-refractivity contribution in [3.63, 3.8) is 0 Å². The fourth-order valence-corrected chi connectivity index (χ4v) is 3.52. The summed E-state index contributed by atoms with van der Waals surface area (Å²) in [6, 6.07) is 0. The number of aromatic nitrogens is 2. The molecule has 0 unspecified atom stereocenters. The zero-order valence-corrected chi connectivity index (χ0v) is 11.8. The molecule has 1 aliphatic rings. The minimum absolute atomic E-state index is 0.141. The highest BCUT2D eigenvalue weighted by Gasteiger charge is 2.27. The standard InChI is InChI=1S/C13H18N4S/c1-9-6-18-11-10(9)14-8-15-12(11)17-5-4-16-13(2,3)7-17/h6,8,16H,4-5,7H2,1-3H3. The zero-order chi connectivity index (χ0) is 12.8. The van der Waals surface area contributed by atoms with Crippen molar-refractivity contribution in [2.45, 2.75) is 26.3 Å². The molecule has 18 heavy (non-hydrogen) atoms. The maximum Gasteiger partial charge on any atom is 0.150 e. The largest absolute Gasteiger partial charge is 0.352 e. The van der Waals surface area contributed by atoms with Gasteiger partial charge in [-0.25, -0.2) is 9.97 Å². The van der Waals surface area contributed by atoms with E-state index in [1.165, 1.54) is 10.3 Å². The van der Waals surface area contributed by atoms with Crippen molar-refractivity contribution in [3.8, 4) is 0 Å². The molecule has 3 heterocycles. The van der Waals surface area contributed by atoms with Crippen molar-refractivity contribution in [2.75, 3.05) is 24.5 Å². The van der Waals surface area contributed by atoms with E-state index in [9.17, 15) is 0 Å². The average molecular weight is 262 g/mol. The van der Waals surface area contributed by atoms with Gasteiger partial charge < -0.3 is 10.2 Å². The Morgan fingerprint density at radius 1 is 1.39 bits per heavy atom. The monoisotopic (exact) mass is 262 g/mol. The number of hydrogen-bond donors (Lipinski definition) is 1. The van der Waals surface area contributed by atoms with Gasteiger partial charge in [-0.3, -0.25) is 0 Å². The van der Waals surface area contributed by atoms with Crippen LogP contribution in [0.1, 0.15) is 19.4 Å². The second-order valence-corrected chi connectivity index (χ2v) is 6.41. The van der Waals surface area contributed by atoms with E-state index in [1.54, 1.807) is 17.7 Å². The molecule has 0 amide bonds. The number of rotatable bonds is 1. The first kappa shape index (κ1) is 11.9. The Labute approximate surface area is 111 Å². The number of aryl methyl sites for hydroxylation is 1. The third-order valence-corrected chi connectivity index (χ3v) is 4.47. The van der Waals surface area contributed by atoms with Crippen LogP contribution in [0.3, 0.4) is 0 Å². The van der Waals surface area contributed by atoms with E-state index in [0.717, 1.165) is 31.0 Å². The van der Waals surface area contributed by atoms with Gasteiger partial charge in [-0.15, -0.1) is 11.3 Å². The molecule has 1 aliphatic heterocycles. The molecular formula is C13H18N4S. The van der Waals surface area contributed by atoms with Crippen molar-refractivity contribution in [1.82, 2.24) is 15.3 Å². The molecule has 2 aromatic rings. The Morgan fingerprint density at radius 2 is 2.22 bits per heavy atom. The molecule has 0 aromatic carbocycles. The summed E-state index contributed by atoms with van der Waals surface area (Å²) in [5.74, 6) is 1.09. The van der Waals surface area contributed by atoms with Gasteiger partial charge in [0.25, 0.3) is 0 Å². The molecule has 96 valence electrons. The van der Waals surface area contributed by atoms with Crippen LogP contribution in [0.25, 0.3) is 10.2 Å². The molecule has 4 nitrogen and oxygen atoms in total. The van der Waals surface area contributed by atoms with Crippen LogP contribution >= 0.6 is 11.3 Å². The number of nitrogens with one attached hydrogen (secondary N) is 1. The van der Waals surface area contributed by atoms with Gasteiger partial charge in [0.05, 0.1) is 10.2 Å². The smallest absolute Gasteiger partial charge is 0.150 e. The van der Waals surface area contributed by atoms with Crippen molar-refractivity contribution < 1.29 is 0 Å². The lowest BCUT2D eigenvalue weighted by molar-refractivity contribution is 0.352. The Morgan fingerprint density at radius 3 is 3.00 bits per heavy atom. The van der Waals surface area contributed by atoms with Gasteiger partial charge >= 0.3 is 0 Å². The first-order valence-corrected chi connectivity index (χ1v) is 7.13. The maximum atomic E-state index is 4.51. The number of thiophene rings is 1. The fourth-order valence-electron chi connectivity index (χ4n) is 2.50. The number of hydrogen-bond acceptors (Lipinski definition) is 5. The summed E-state index contributed by atoms with van der Waals surface area (Å²) in [5.41, 5.74) is 2.48. The summed E-state index contributed by atoms with van der Waals surface area (Å²) in [6.45, 7) is 9.57. The highest BCUT2D eigenvalue weighted by Crippen LogP contribution is 2.31. The molecule has 0 spiro atoms. The molecule has 0 bridgehead atoms. The number of piperazine rings is 1. The topological polar surface area (TPSA) is 41.0 Å². The summed E-state index contributed by atoms with van der Waals surface area (Å²) in [4.78, 5) is 11.3. The SMILES string of the molecule is Cc1csc2c(N3CCNC(C)(C)C3)ncnc12. The Bertz CT molecular complexity index is 575. The van der Waals surface area contributed by atoms with Crippen LogP contribution in [0.4, 0.5) is 5.82 Å². The minimum Gasteiger partial charge on any atom is -0.352 e. The lowest BCUT2D eigenvalue weighted by Crippen LogP contribution is -2.57. The fraction of sp³-hybridized carbons (Fsp3) is 0.538. The van der Waals surface area contributed by atoms with Gasteiger partial charge in [0, 0.05) is 25.2 Å². The van der Waals surface area contributed by atoms with Crippen molar-refractivity contribution in [1.29, 1.82) is 0 Å². The highest BCUT2D eigenvalue weighted by molar-refractivity contribution is 7.18. The van der Waals surface area contributed by atoms with E-state index >= 15 is 0 Å². The summed E-state index contributed by atoms with van der Waals surface area (Å²) in [7, 11) is 0. The lowest BCUT2D eigenvalue weighted by Gasteiger charge is -2.39. The molecule has 1 N–H and O–H groups in total. The van der Waals surface area contributed by atoms with Crippen LogP contribution in [-0.2, 0) is 0 Å². The normalized spacial score (nSPS) is 19.4. The highest BCUT2D eigenvalue weighted by atomic mass is 32.1. The maximum absolute atomic E-state index is 4.51. The van der Waals surface area contributed by atoms with Crippen molar-refractivity contribution in [2.24, 2.45) is 0 Å². The van der Waals surface area contributed by atoms with Crippen molar-refractivity contribution >= 4 is 27.4 Å². The van der Waals surface area contributed by atoms with E-state index < -0.39 is 0 Å². The predicted octanol–water partition coefficient (Wildman–Crippen LogP) is 2.19. The molecule has 0 radical (unpaired) electrons. The molecule has 1 saturated heterocycles. The first-order valence-electron chi connectivity index (χ1n) is 6.26. The van der Waals surface area contributed by atoms with Crippen LogP contribution < -0.4 is 10.2 Å². The van der Waals surface area contributed by atoms with E-state index in [-0.39, 0.29) is 5.54 Å². The van der Waals surface area contributed by atoms with E-state index in [4.69, 9.17) is 0 Å². The number of anilines is 1. The second-order valence-electron chi connectivity index (χ2n) is 5.53. The number of fused-ring (bicyclic) bond motifs is 1. The summed E-state index contributed by atoms with van der Waals surface area (Å²) >= 11 is 1.75. The minimum atomic E-state index is 0.141. The molecule has 3 rings (SSSR count). The van der Waals surface area contributed by atoms with E-state index in [1.807, 2.05) is 0 Å². The second kappa shape index (κ2) is 4.17. The van der Waals surface area contributed by atoms with Crippen LogP contribution in [-0.4, -0.2) is 35.1 Å². The van der Waals surface area contributed by atoms with Gasteiger partial charge in [-0.1, -0.05) is 0 Å². The van der Waals surface area contributed by atoms with Crippen LogP contribution in [0.15, 0.2) is 11.7 Å². The Hall–Kier alpha value is -1.20.